The fourth-order valence-electron chi connectivity index (χ4n) is 0.887. The summed E-state index contributed by atoms with van der Waals surface area (Å²) in [6, 6.07) is 0. The third-order valence-corrected chi connectivity index (χ3v) is 2.46. The SMILES string of the molecule is CCOC(=O)CCCSc1cn[nH]n1. The minimum Gasteiger partial charge on any atom is -0.466 e. The molecule has 0 amide bonds. The molecule has 1 rings (SSSR count). The second-order valence-electron chi connectivity index (χ2n) is 2.57. The maximum atomic E-state index is 10.9. The van der Waals surface area contributed by atoms with E-state index in [1.165, 1.54) is 0 Å². The van der Waals surface area contributed by atoms with Crippen molar-refractivity contribution in [3.05, 3.63) is 6.20 Å². The average Bonchev–Trinajstić information content (AvgIpc) is 2.65. The Morgan fingerprint density at radius 2 is 2.57 bits per heavy atom. The van der Waals surface area contributed by atoms with Gasteiger partial charge >= 0.3 is 5.97 Å². The van der Waals surface area contributed by atoms with E-state index < -0.39 is 0 Å². The van der Waals surface area contributed by atoms with Crippen LogP contribution in [0.5, 0.6) is 0 Å². The molecule has 0 aliphatic carbocycles. The van der Waals surface area contributed by atoms with Crippen molar-refractivity contribution in [2.75, 3.05) is 12.4 Å². The molecule has 78 valence electrons. The molecule has 0 radical (unpaired) electrons. The summed E-state index contributed by atoms with van der Waals surface area (Å²) in [5.41, 5.74) is 0. The van der Waals surface area contributed by atoms with E-state index in [0.29, 0.717) is 13.0 Å². The van der Waals surface area contributed by atoms with E-state index in [0.717, 1.165) is 17.2 Å². The van der Waals surface area contributed by atoms with Crippen molar-refractivity contribution in [2.24, 2.45) is 0 Å². The quantitative estimate of drug-likeness (QED) is 0.439. The van der Waals surface area contributed by atoms with Crippen LogP contribution in [0.15, 0.2) is 11.2 Å². The lowest BCUT2D eigenvalue weighted by Crippen LogP contribution is -2.03. The van der Waals surface area contributed by atoms with Crippen LogP contribution < -0.4 is 0 Å². The van der Waals surface area contributed by atoms with Crippen LogP contribution in [0.2, 0.25) is 0 Å². The molecular formula is C8H13N3O2S. The number of aromatic nitrogens is 3. The van der Waals surface area contributed by atoms with Crippen LogP contribution in [-0.2, 0) is 9.53 Å². The molecule has 0 saturated carbocycles. The van der Waals surface area contributed by atoms with Crippen molar-refractivity contribution >= 4 is 17.7 Å². The number of carbonyl (C=O) groups excluding carboxylic acids is 1. The zero-order valence-electron chi connectivity index (χ0n) is 8.02. The number of carbonyl (C=O) groups is 1. The van der Waals surface area contributed by atoms with Crippen molar-refractivity contribution in [3.8, 4) is 0 Å². The molecule has 0 spiro atoms. The summed E-state index contributed by atoms with van der Waals surface area (Å²) in [4.78, 5) is 10.9. The Morgan fingerprint density at radius 3 is 3.21 bits per heavy atom. The molecule has 5 nitrogen and oxygen atoms in total. The normalized spacial score (nSPS) is 10.1. The fraction of sp³-hybridized carbons (Fsp3) is 0.625. The van der Waals surface area contributed by atoms with Crippen LogP contribution in [0.3, 0.4) is 0 Å². The van der Waals surface area contributed by atoms with E-state index >= 15 is 0 Å². The second kappa shape index (κ2) is 6.42. The predicted octanol–water partition coefficient (Wildman–Crippen LogP) is 1.24. The highest BCUT2D eigenvalue weighted by Crippen LogP contribution is 2.14. The van der Waals surface area contributed by atoms with Gasteiger partial charge in [0.25, 0.3) is 0 Å². The molecule has 1 N–H and O–H groups in total. The summed E-state index contributed by atoms with van der Waals surface area (Å²) in [5.74, 6) is 0.721. The minimum atomic E-state index is -0.131. The maximum absolute atomic E-state index is 10.9. The number of nitrogens with one attached hydrogen (secondary N) is 1. The molecule has 0 saturated heterocycles. The molecule has 0 unspecified atom stereocenters. The summed E-state index contributed by atoms with van der Waals surface area (Å²) in [5, 5.41) is 10.9. The van der Waals surface area contributed by atoms with Crippen molar-refractivity contribution in [1.29, 1.82) is 0 Å². The van der Waals surface area contributed by atoms with Gasteiger partial charge in [-0.05, 0) is 13.3 Å². The van der Waals surface area contributed by atoms with Gasteiger partial charge in [0.1, 0.15) is 5.03 Å². The van der Waals surface area contributed by atoms with Gasteiger partial charge in [-0.2, -0.15) is 10.3 Å². The number of thioether (sulfide) groups is 1. The highest BCUT2D eigenvalue weighted by molar-refractivity contribution is 7.99. The van der Waals surface area contributed by atoms with Gasteiger partial charge in [-0.15, -0.1) is 16.9 Å². The topological polar surface area (TPSA) is 67.9 Å². The first kappa shape index (κ1) is 11.0. The highest BCUT2D eigenvalue weighted by Gasteiger charge is 2.02. The predicted molar refractivity (Wildman–Crippen MR) is 53.0 cm³/mol. The summed E-state index contributed by atoms with van der Waals surface area (Å²) >= 11 is 1.57. The van der Waals surface area contributed by atoms with E-state index in [4.69, 9.17) is 4.74 Å². The largest absolute Gasteiger partial charge is 0.466 e. The van der Waals surface area contributed by atoms with Crippen LogP contribution in [0, 0.1) is 0 Å². The Balaban J connectivity index is 2.02. The number of nitrogens with zero attached hydrogens (tertiary/aromatic N) is 2. The molecule has 1 aromatic rings. The third-order valence-electron chi connectivity index (χ3n) is 1.47. The van der Waals surface area contributed by atoms with E-state index in [1.54, 1.807) is 18.0 Å². The molecule has 1 aromatic heterocycles. The first-order chi connectivity index (χ1) is 6.83. The van der Waals surface area contributed by atoms with Crippen LogP contribution in [-0.4, -0.2) is 33.7 Å². The Hall–Kier alpha value is -1.04. The van der Waals surface area contributed by atoms with Crippen molar-refractivity contribution in [3.63, 3.8) is 0 Å². The highest BCUT2D eigenvalue weighted by atomic mass is 32.2. The molecule has 0 atom stereocenters. The van der Waals surface area contributed by atoms with Crippen LogP contribution >= 0.6 is 11.8 Å². The van der Waals surface area contributed by atoms with Gasteiger partial charge in [0.05, 0.1) is 12.8 Å². The zero-order chi connectivity index (χ0) is 10.2. The molecule has 1 heterocycles. The number of aromatic amines is 1. The fourth-order valence-corrected chi connectivity index (χ4v) is 1.62. The van der Waals surface area contributed by atoms with Crippen LogP contribution in [0.4, 0.5) is 0 Å². The molecule has 0 bridgehead atoms. The van der Waals surface area contributed by atoms with Crippen molar-refractivity contribution < 1.29 is 9.53 Å². The van der Waals surface area contributed by atoms with E-state index in [1.807, 2.05) is 6.92 Å². The molecule has 0 aromatic carbocycles. The summed E-state index contributed by atoms with van der Waals surface area (Å²) < 4.78 is 4.80. The van der Waals surface area contributed by atoms with Crippen molar-refractivity contribution in [2.45, 2.75) is 24.8 Å². The molecule has 0 aliphatic rings. The lowest BCUT2D eigenvalue weighted by atomic mass is 10.3. The van der Waals surface area contributed by atoms with E-state index in [9.17, 15) is 4.79 Å². The molecule has 6 heteroatoms. The zero-order valence-corrected chi connectivity index (χ0v) is 8.84. The number of rotatable bonds is 6. The van der Waals surface area contributed by atoms with E-state index in [2.05, 4.69) is 15.4 Å². The second-order valence-corrected chi connectivity index (χ2v) is 3.68. The lowest BCUT2D eigenvalue weighted by molar-refractivity contribution is -0.143. The summed E-state index contributed by atoms with van der Waals surface area (Å²) in [6.45, 7) is 2.26. The Bertz CT molecular complexity index is 264. The molecule has 0 aliphatic heterocycles. The Labute approximate surface area is 86.6 Å². The number of hydrogen-bond acceptors (Lipinski definition) is 5. The summed E-state index contributed by atoms with van der Waals surface area (Å²) in [7, 11) is 0. The molecular weight excluding hydrogens is 202 g/mol. The third kappa shape index (κ3) is 4.27. The number of hydrogen-bond donors (Lipinski definition) is 1. The summed E-state index contributed by atoms with van der Waals surface area (Å²) in [6.07, 6.45) is 2.93. The number of esters is 1. The van der Waals surface area contributed by atoms with Gasteiger partial charge in [-0.25, -0.2) is 0 Å². The monoisotopic (exact) mass is 215 g/mol. The average molecular weight is 215 g/mol. The number of H-pyrrole nitrogens is 1. The van der Waals surface area contributed by atoms with Gasteiger partial charge < -0.3 is 4.74 Å². The maximum Gasteiger partial charge on any atom is 0.305 e. The van der Waals surface area contributed by atoms with Crippen molar-refractivity contribution in [1.82, 2.24) is 15.4 Å². The smallest absolute Gasteiger partial charge is 0.305 e. The van der Waals surface area contributed by atoms with Gasteiger partial charge in [-0.1, -0.05) is 0 Å². The Kier molecular flexibility index (Phi) is 5.06. The van der Waals surface area contributed by atoms with Crippen LogP contribution in [0.1, 0.15) is 19.8 Å². The number of ether oxygens (including phenoxy) is 1. The first-order valence-electron chi connectivity index (χ1n) is 4.47. The molecule has 14 heavy (non-hydrogen) atoms. The minimum absolute atomic E-state index is 0.131. The van der Waals surface area contributed by atoms with Gasteiger partial charge in [0.15, 0.2) is 0 Å². The van der Waals surface area contributed by atoms with E-state index in [-0.39, 0.29) is 5.97 Å². The Morgan fingerprint density at radius 1 is 1.71 bits per heavy atom. The van der Waals surface area contributed by atoms with Gasteiger partial charge in [-0.3, -0.25) is 4.79 Å². The standard InChI is InChI=1S/C8H13N3O2S/c1-2-13-8(12)4-3-5-14-7-6-9-11-10-7/h6H,2-5H2,1H3,(H,9,10,11). The van der Waals surface area contributed by atoms with Gasteiger partial charge in [0, 0.05) is 12.2 Å². The first-order valence-corrected chi connectivity index (χ1v) is 5.45. The van der Waals surface area contributed by atoms with Crippen LogP contribution in [0.25, 0.3) is 0 Å². The van der Waals surface area contributed by atoms with Gasteiger partial charge in [0.2, 0.25) is 0 Å². The molecule has 0 fully saturated rings. The lowest BCUT2D eigenvalue weighted by Gasteiger charge is -2.00.